The molecule has 0 spiro atoms. The van der Waals surface area contributed by atoms with Crippen LogP contribution in [0.25, 0.3) is 6.08 Å². The number of ether oxygens (including phenoxy) is 1. The molecular formula is C14H15NO3. The third kappa shape index (κ3) is 5.65. The van der Waals surface area contributed by atoms with Crippen molar-refractivity contribution in [2.45, 2.75) is 0 Å². The number of benzene rings is 1. The van der Waals surface area contributed by atoms with Crippen molar-refractivity contribution in [3.8, 4) is 0 Å². The van der Waals surface area contributed by atoms with Crippen LogP contribution in [0.4, 0.5) is 0 Å². The molecule has 1 rings (SSSR count). The number of hydrogen-bond donors (Lipinski definition) is 1. The van der Waals surface area contributed by atoms with E-state index in [-0.39, 0.29) is 12.5 Å². The molecule has 0 bridgehead atoms. The van der Waals surface area contributed by atoms with E-state index in [1.807, 2.05) is 30.3 Å². The maximum atomic E-state index is 11.3. The van der Waals surface area contributed by atoms with E-state index >= 15 is 0 Å². The van der Waals surface area contributed by atoms with Gasteiger partial charge in [-0.2, -0.15) is 0 Å². The van der Waals surface area contributed by atoms with Crippen molar-refractivity contribution in [1.82, 2.24) is 5.32 Å². The Morgan fingerprint density at radius 2 is 2.00 bits per heavy atom. The molecule has 1 amide bonds. The number of carbonyl (C=O) groups is 2. The van der Waals surface area contributed by atoms with E-state index in [9.17, 15) is 9.59 Å². The van der Waals surface area contributed by atoms with E-state index in [2.05, 4.69) is 11.9 Å². The summed E-state index contributed by atoms with van der Waals surface area (Å²) in [7, 11) is 0. The lowest BCUT2D eigenvalue weighted by molar-refractivity contribution is -0.143. The van der Waals surface area contributed by atoms with Gasteiger partial charge in [0.1, 0.15) is 0 Å². The minimum Gasteiger partial charge on any atom is -0.452 e. The molecular weight excluding hydrogens is 230 g/mol. The van der Waals surface area contributed by atoms with Crippen LogP contribution in [0.5, 0.6) is 0 Å². The highest BCUT2D eigenvalue weighted by Crippen LogP contribution is 2.00. The van der Waals surface area contributed by atoms with E-state index in [1.165, 1.54) is 6.08 Å². The summed E-state index contributed by atoms with van der Waals surface area (Å²) in [6, 6.07) is 9.35. The highest BCUT2D eigenvalue weighted by atomic mass is 16.5. The monoisotopic (exact) mass is 245 g/mol. The molecule has 1 aromatic rings. The standard InChI is InChI=1S/C14H15NO3/c1-2-10-15-13(16)11-18-14(17)9-8-12-6-4-3-5-7-12/h2-9H,1,10-11H2,(H,15,16)/b9-8+. The zero-order valence-electron chi connectivity index (χ0n) is 9.96. The fourth-order valence-electron chi connectivity index (χ4n) is 1.15. The summed E-state index contributed by atoms with van der Waals surface area (Å²) in [6.45, 7) is 3.53. The number of hydrogen-bond acceptors (Lipinski definition) is 3. The van der Waals surface area contributed by atoms with Gasteiger partial charge in [0.15, 0.2) is 6.61 Å². The molecule has 0 radical (unpaired) electrons. The summed E-state index contributed by atoms with van der Waals surface area (Å²) in [5.41, 5.74) is 0.894. The summed E-state index contributed by atoms with van der Waals surface area (Å²) < 4.78 is 4.75. The normalized spacial score (nSPS) is 10.0. The van der Waals surface area contributed by atoms with Crippen LogP contribution < -0.4 is 5.32 Å². The lowest BCUT2D eigenvalue weighted by atomic mass is 10.2. The first-order valence-electron chi connectivity index (χ1n) is 5.50. The Hall–Kier alpha value is -2.36. The number of carbonyl (C=O) groups excluding carboxylic acids is 2. The van der Waals surface area contributed by atoms with Crippen LogP contribution in [0.1, 0.15) is 5.56 Å². The van der Waals surface area contributed by atoms with E-state index in [0.717, 1.165) is 5.56 Å². The second-order valence-electron chi connectivity index (χ2n) is 3.44. The predicted octanol–water partition coefficient (Wildman–Crippen LogP) is 1.55. The Bertz CT molecular complexity index is 438. The molecule has 0 aliphatic heterocycles. The third-order valence-corrected chi connectivity index (χ3v) is 2.00. The second kappa shape index (κ2) is 7.84. The average molecular weight is 245 g/mol. The van der Waals surface area contributed by atoms with Crippen LogP contribution in [0.15, 0.2) is 49.1 Å². The summed E-state index contributed by atoms with van der Waals surface area (Å²) in [4.78, 5) is 22.4. The summed E-state index contributed by atoms with van der Waals surface area (Å²) >= 11 is 0. The van der Waals surface area contributed by atoms with E-state index in [0.29, 0.717) is 6.54 Å². The van der Waals surface area contributed by atoms with Gasteiger partial charge in [0.25, 0.3) is 5.91 Å². The molecule has 0 atom stereocenters. The quantitative estimate of drug-likeness (QED) is 0.470. The van der Waals surface area contributed by atoms with Crippen molar-refractivity contribution in [1.29, 1.82) is 0 Å². The van der Waals surface area contributed by atoms with Gasteiger partial charge in [-0.1, -0.05) is 36.4 Å². The molecule has 18 heavy (non-hydrogen) atoms. The first-order valence-corrected chi connectivity index (χ1v) is 5.50. The Labute approximate surface area is 106 Å². The van der Waals surface area contributed by atoms with Crippen LogP contribution in [-0.2, 0) is 14.3 Å². The lowest BCUT2D eigenvalue weighted by Crippen LogP contribution is -2.28. The van der Waals surface area contributed by atoms with Crippen LogP contribution in [0, 0.1) is 0 Å². The summed E-state index contributed by atoms with van der Waals surface area (Å²) in [5.74, 6) is -0.899. The molecule has 0 aromatic heterocycles. The number of amides is 1. The van der Waals surface area contributed by atoms with E-state index in [4.69, 9.17) is 4.74 Å². The molecule has 4 heteroatoms. The molecule has 0 aliphatic carbocycles. The SMILES string of the molecule is C=CCNC(=O)COC(=O)/C=C/c1ccccc1. The van der Waals surface area contributed by atoms with Gasteiger partial charge in [0.05, 0.1) is 0 Å². The molecule has 0 unspecified atom stereocenters. The fraction of sp³-hybridized carbons (Fsp3) is 0.143. The Kier molecular flexibility index (Phi) is 5.97. The Balaban J connectivity index is 2.31. The molecule has 94 valence electrons. The van der Waals surface area contributed by atoms with E-state index < -0.39 is 5.97 Å². The first-order chi connectivity index (χ1) is 8.72. The fourth-order valence-corrected chi connectivity index (χ4v) is 1.15. The maximum absolute atomic E-state index is 11.3. The van der Waals surface area contributed by atoms with Crippen LogP contribution >= 0.6 is 0 Å². The number of rotatable bonds is 6. The zero-order chi connectivity index (χ0) is 13.2. The van der Waals surface area contributed by atoms with Crippen molar-refractivity contribution in [2.75, 3.05) is 13.2 Å². The van der Waals surface area contributed by atoms with Gasteiger partial charge in [-0.15, -0.1) is 6.58 Å². The van der Waals surface area contributed by atoms with Gasteiger partial charge < -0.3 is 10.1 Å². The van der Waals surface area contributed by atoms with Gasteiger partial charge in [-0.3, -0.25) is 4.79 Å². The molecule has 4 nitrogen and oxygen atoms in total. The highest BCUT2D eigenvalue weighted by molar-refractivity contribution is 5.89. The molecule has 0 aliphatic rings. The van der Waals surface area contributed by atoms with Gasteiger partial charge in [-0.25, -0.2) is 4.79 Å². The second-order valence-corrected chi connectivity index (χ2v) is 3.44. The van der Waals surface area contributed by atoms with Gasteiger partial charge in [0, 0.05) is 12.6 Å². The number of esters is 1. The van der Waals surface area contributed by atoms with Crippen molar-refractivity contribution in [2.24, 2.45) is 0 Å². The molecule has 0 heterocycles. The topological polar surface area (TPSA) is 55.4 Å². The summed E-state index contributed by atoms with van der Waals surface area (Å²) in [6.07, 6.45) is 4.47. The van der Waals surface area contributed by atoms with Crippen molar-refractivity contribution in [3.05, 3.63) is 54.6 Å². The minimum atomic E-state index is -0.549. The third-order valence-electron chi connectivity index (χ3n) is 2.00. The molecule has 0 saturated carbocycles. The van der Waals surface area contributed by atoms with Crippen molar-refractivity contribution < 1.29 is 14.3 Å². The molecule has 1 aromatic carbocycles. The van der Waals surface area contributed by atoms with Crippen LogP contribution in [0.3, 0.4) is 0 Å². The average Bonchev–Trinajstić information content (AvgIpc) is 2.41. The zero-order valence-corrected chi connectivity index (χ0v) is 9.96. The van der Waals surface area contributed by atoms with Gasteiger partial charge in [0.2, 0.25) is 0 Å². The molecule has 0 fully saturated rings. The maximum Gasteiger partial charge on any atom is 0.331 e. The Morgan fingerprint density at radius 1 is 1.28 bits per heavy atom. The minimum absolute atomic E-state index is 0.286. The van der Waals surface area contributed by atoms with Crippen molar-refractivity contribution >= 4 is 18.0 Å². The highest BCUT2D eigenvalue weighted by Gasteiger charge is 2.02. The molecule has 0 saturated heterocycles. The smallest absolute Gasteiger partial charge is 0.331 e. The first kappa shape index (κ1) is 13.7. The lowest BCUT2D eigenvalue weighted by Gasteiger charge is -2.02. The van der Waals surface area contributed by atoms with Gasteiger partial charge >= 0.3 is 5.97 Å². The van der Waals surface area contributed by atoms with Gasteiger partial charge in [-0.05, 0) is 11.6 Å². The van der Waals surface area contributed by atoms with Crippen molar-refractivity contribution in [3.63, 3.8) is 0 Å². The summed E-state index contributed by atoms with van der Waals surface area (Å²) in [5, 5.41) is 2.50. The predicted molar refractivity (Wildman–Crippen MR) is 69.6 cm³/mol. The van der Waals surface area contributed by atoms with Crippen LogP contribution in [-0.4, -0.2) is 25.0 Å². The largest absolute Gasteiger partial charge is 0.452 e. The number of nitrogens with one attached hydrogen (secondary N) is 1. The Morgan fingerprint density at radius 3 is 2.67 bits per heavy atom. The van der Waals surface area contributed by atoms with Crippen LogP contribution in [0.2, 0.25) is 0 Å². The molecule has 1 N–H and O–H groups in total. The van der Waals surface area contributed by atoms with E-state index in [1.54, 1.807) is 12.2 Å².